The molecule has 1 atom stereocenters. The first kappa shape index (κ1) is 16.7. The Balaban J connectivity index is 1.82. The molecule has 0 aliphatic carbocycles. The quantitative estimate of drug-likeness (QED) is 0.840. The van der Waals surface area contributed by atoms with E-state index in [4.69, 9.17) is 0 Å². The minimum atomic E-state index is -3.15. The second-order valence-corrected chi connectivity index (χ2v) is 10.4. The van der Waals surface area contributed by atoms with Crippen LogP contribution in [-0.2, 0) is 21.8 Å². The number of fused-ring (bicyclic) bond motifs is 1. The standard InChI is InChI=1S/C18H23NO2S2/c1-18(2,3)17-10-9-13(22-17)11-19(4)15-12-23(20,21)16-8-6-5-7-14(15)16/h5-10,15H,11-12H2,1-4H3/t15-/m0/s1. The van der Waals surface area contributed by atoms with E-state index in [1.165, 1.54) is 9.75 Å². The lowest BCUT2D eigenvalue weighted by Crippen LogP contribution is -2.25. The minimum absolute atomic E-state index is 0.0589. The molecular weight excluding hydrogens is 326 g/mol. The molecule has 3 rings (SSSR count). The monoisotopic (exact) mass is 349 g/mol. The summed E-state index contributed by atoms with van der Waals surface area (Å²) in [4.78, 5) is 5.29. The smallest absolute Gasteiger partial charge is 0.180 e. The molecule has 1 aromatic heterocycles. The van der Waals surface area contributed by atoms with Crippen LogP contribution in [0.2, 0.25) is 0 Å². The Kier molecular flexibility index (Phi) is 4.15. The summed E-state index contributed by atoms with van der Waals surface area (Å²) in [5.74, 6) is 0.181. The Morgan fingerprint density at radius 3 is 2.52 bits per heavy atom. The van der Waals surface area contributed by atoms with Crippen LogP contribution in [0.25, 0.3) is 0 Å². The van der Waals surface area contributed by atoms with Gasteiger partial charge in [-0.05, 0) is 36.2 Å². The molecule has 0 amide bonds. The molecule has 1 aliphatic heterocycles. The molecule has 3 nitrogen and oxygen atoms in total. The molecular formula is C18H23NO2S2. The van der Waals surface area contributed by atoms with Crippen LogP contribution < -0.4 is 0 Å². The summed E-state index contributed by atoms with van der Waals surface area (Å²) in [7, 11) is -1.14. The average molecular weight is 350 g/mol. The van der Waals surface area contributed by atoms with Crippen molar-refractivity contribution >= 4 is 21.2 Å². The second kappa shape index (κ2) is 5.72. The van der Waals surface area contributed by atoms with Crippen LogP contribution in [0.4, 0.5) is 0 Å². The Morgan fingerprint density at radius 1 is 1.17 bits per heavy atom. The van der Waals surface area contributed by atoms with E-state index in [0.717, 1.165) is 12.1 Å². The maximum Gasteiger partial charge on any atom is 0.180 e. The number of rotatable bonds is 3. The van der Waals surface area contributed by atoms with Gasteiger partial charge in [-0.1, -0.05) is 39.0 Å². The zero-order chi connectivity index (χ0) is 16.8. The Morgan fingerprint density at radius 2 is 1.87 bits per heavy atom. The van der Waals surface area contributed by atoms with Gasteiger partial charge in [0.15, 0.2) is 9.84 Å². The first-order chi connectivity index (χ1) is 10.7. The van der Waals surface area contributed by atoms with Crippen LogP contribution >= 0.6 is 11.3 Å². The lowest BCUT2D eigenvalue weighted by Gasteiger charge is -2.23. The van der Waals surface area contributed by atoms with Crippen molar-refractivity contribution in [2.24, 2.45) is 0 Å². The third-order valence-corrected chi connectivity index (χ3v) is 7.62. The van der Waals surface area contributed by atoms with Gasteiger partial charge in [-0.3, -0.25) is 4.90 Å². The maximum absolute atomic E-state index is 12.3. The summed E-state index contributed by atoms with van der Waals surface area (Å²) in [6, 6.07) is 11.7. The first-order valence-electron chi connectivity index (χ1n) is 7.79. The molecule has 2 heterocycles. The molecule has 0 saturated carbocycles. The predicted molar refractivity (Wildman–Crippen MR) is 95.7 cm³/mol. The normalized spacial score (nSPS) is 20.0. The van der Waals surface area contributed by atoms with E-state index in [2.05, 4.69) is 37.8 Å². The fourth-order valence-corrected chi connectivity index (χ4v) is 6.02. The summed E-state index contributed by atoms with van der Waals surface area (Å²) in [6.45, 7) is 7.42. The summed E-state index contributed by atoms with van der Waals surface area (Å²) < 4.78 is 24.7. The van der Waals surface area contributed by atoms with Crippen molar-refractivity contribution < 1.29 is 8.42 Å². The Hall–Kier alpha value is -1.17. The van der Waals surface area contributed by atoms with Gasteiger partial charge in [0.1, 0.15) is 0 Å². The number of thiophene rings is 1. The fraction of sp³-hybridized carbons (Fsp3) is 0.444. The van der Waals surface area contributed by atoms with Crippen LogP contribution in [0.15, 0.2) is 41.3 Å². The van der Waals surface area contributed by atoms with Gasteiger partial charge in [-0.2, -0.15) is 0 Å². The van der Waals surface area contributed by atoms with Gasteiger partial charge in [0.2, 0.25) is 0 Å². The Labute approximate surface area is 142 Å². The highest BCUT2D eigenvalue weighted by atomic mass is 32.2. The second-order valence-electron chi connectivity index (χ2n) is 7.27. The fourth-order valence-electron chi connectivity index (χ4n) is 3.01. The van der Waals surface area contributed by atoms with E-state index in [1.54, 1.807) is 12.1 Å². The molecule has 0 fully saturated rings. The van der Waals surface area contributed by atoms with Gasteiger partial charge in [0.05, 0.1) is 16.7 Å². The highest BCUT2D eigenvalue weighted by Crippen LogP contribution is 2.38. The zero-order valence-corrected chi connectivity index (χ0v) is 15.7. The van der Waals surface area contributed by atoms with E-state index in [9.17, 15) is 8.42 Å². The van der Waals surface area contributed by atoms with E-state index in [-0.39, 0.29) is 17.2 Å². The topological polar surface area (TPSA) is 37.4 Å². The van der Waals surface area contributed by atoms with E-state index in [0.29, 0.717) is 4.90 Å². The zero-order valence-electron chi connectivity index (χ0n) is 14.0. The lowest BCUT2D eigenvalue weighted by atomic mass is 9.95. The van der Waals surface area contributed by atoms with Crippen molar-refractivity contribution in [3.63, 3.8) is 0 Å². The van der Waals surface area contributed by atoms with Crippen molar-refractivity contribution in [3.8, 4) is 0 Å². The number of nitrogens with zero attached hydrogens (tertiary/aromatic N) is 1. The van der Waals surface area contributed by atoms with E-state index in [1.807, 2.05) is 30.5 Å². The van der Waals surface area contributed by atoms with Gasteiger partial charge in [-0.25, -0.2) is 8.42 Å². The molecule has 124 valence electrons. The first-order valence-corrected chi connectivity index (χ1v) is 10.3. The lowest BCUT2D eigenvalue weighted by molar-refractivity contribution is 0.259. The number of benzene rings is 1. The molecule has 0 saturated heterocycles. The van der Waals surface area contributed by atoms with Crippen molar-refractivity contribution in [2.45, 2.75) is 43.7 Å². The number of hydrogen-bond donors (Lipinski definition) is 0. The summed E-state index contributed by atoms with van der Waals surface area (Å²) >= 11 is 1.82. The van der Waals surface area contributed by atoms with Gasteiger partial charge in [0, 0.05) is 16.3 Å². The Bertz CT molecular complexity index is 816. The van der Waals surface area contributed by atoms with Gasteiger partial charge >= 0.3 is 0 Å². The highest BCUT2D eigenvalue weighted by Gasteiger charge is 2.36. The molecule has 0 N–H and O–H groups in total. The highest BCUT2D eigenvalue weighted by molar-refractivity contribution is 7.91. The van der Waals surface area contributed by atoms with Crippen molar-refractivity contribution in [2.75, 3.05) is 12.8 Å². The van der Waals surface area contributed by atoms with Crippen LogP contribution in [0.5, 0.6) is 0 Å². The molecule has 0 radical (unpaired) electrons. The molecule has 0 bridgehead atoms. The van der Waals surface area contributed by atoms with Gasteiger partial charge in [-0.15, -0.1) is 11.3 Å². The average Bonchev–Trinajstić information content (AvgIpc) is 3.02. The van der Waals surface area contributed by atoms with Crippen molar-refractivity contribution in [1.29, 1.82) is 0 Å². The van der Waals surface area contributed by atoms with Crippen LogP contribution in [0.1, 0.15) is 42.1 Å². The number of sulfone groups is 1. The summed E-state index contributed by atoms with van der Waals surface area (Å²) in [5.41, 5.74) is 1.09. The maximum atomic E-state index is 12.3. The third kappa shape index (κ3) is 3.23. The largest absolute Gasteiger partial charge is 0.293 e. The van der Waals surface area contributed by atoms with Gasteiger partial charge in [0.25, 0.3) is 0 Å². The van der Waals surface area contributed by atoms with Crippen molar-refractivity contribution in [3.05, 3.63) is 51.7 Å². The van der Waals surface area contributed by atoms with Crippen LogP contribution in [-0.4, -0.2) is 26.1 Å². The third-order valence-electron chi connectivity index (χ3n) is 4.33. The summed E-state index contributed by atoms with van der Waals surface area (Å²) in [5, 5.41) is 0. The SMILES string of the molecule is CN(Cc1ccc(C(C)(C)C)s1)[C@H]1CS(=O)(=O)c2ccccc21. The molecule has 0 spiro atoms. The minimum Gasteiger partial charge on any atom is -0.293 e. The van der Waals surface area contributed by atoms with Crippen LogP contribution in [0.3, 0.4) is 0 Å². The predicted octanol–water partition coefficient (Wildman–Crippen LogP) is 4.01. The van der Waals surface area contributed by atoms with E-state index < -0.39 is 9.84 Å². The molecule has 5 heteroatoms. The van der Waals surface area contributed by atoms with Crippen molar-refractivity contribution in [1.82, 2.24) is 4.90 Å². The van der Waals surface area contributed by atoms with Gasteiger partial charge < -0.3 is 0 Å². The molecule has 23 heavy (non-hydrogen) atoms. The molecule has 0 unspecified atom stereocenters. The molecule has 2 aromatic rings. The van der Waals surface area contributed by atoms with Crippen LogP contribution in [0, 0.1) is 0 Å². The number of hydrogen-bond acceptors (Lipinski definition) is 4. The molecule has 1 aliphatic rings. The molecule has 1 aromatic carbocycles. The summed E-state index contributed by atoms with van der Waals surface area (Å²) in [6.07, 6.45) is 0. The van der Waals surface area contributed by atoms with E-state index >= 15 is 0 Å².